The predicted molar refractivity (Wildman–Crippen MR) is 52.1 cm³/mol. The Labute approximate surface area is 89.1 Å². The van der Waals surface area contributed by atoms with E-state index in [1.165, 1.54) is 0 Å². The Hall–Kier alpha value is -2.29. The minimum Gasteiger partial charge on any atom is -0.289 e. The second-order valence-corrected chi connectivity index (χ2v) is 3.13. The molecule has 0 aromatic rings. The van der Waals surface area contributed by atoms with Gasteiger partial charge in [0.1, 0.15) is 5.71 Å². The van der Waals surface area contributed by atoms with Crippen LogP contribution in [-0.2, 0) is 14.4 Å². The number of carbonyl (C=O) groups is 3. The molecule has 5 N–H and O–H groups in total. The Morgan fingerprint density at radius 1 is 1.31 bits per heavy atom. The number of nitrogens with two attached hydrogens (primary N) is 1. The summed E-state index contributed by atoms with van der Waals surface area (Å²) in [6.45, 7) is 0. The standard InChI is InChI=1S/C7H8N6O3/c8-11-5(14)2-1-9-3-4(10-2)7(16)13-12-6(3)15/h1,3-4H,8H2,(H,11,14)(H,12,15)(H,13,16)/t3-,4+/m0/s1. The van der Waals surface area contributed by atoms with Crippen LogP contribution in [0.25, 0.3) is 0 Å². The van der Waals surface area contributed by atoms with Crippen LogP contribution in [0.5, 0.6) is 0 Å². The van der Waals surface area contributed by atoms with Crippen LogP contribution in [0.15, 0.2) is 9.98 Å². The monoisotopic (exact) mass is 224 g/mol. The summed E-state index contributed by atoms with van der Waals surface area (Å²) in [5.41, 5.74) is 6.04. The number of aliphatic imine (C=N–C) groups is 2. The van der Waals surface area contributed by atoms with Crippen molar-refractivity contribution in [2.45, 2.75) is 12.1 Å². The molecule has 1 fully saturated rings. The summed E-state index contributed by atoms with van der Waals surface area (Å²) in [6.07, 6.45) is 1.11. The number of amides is 3. The van der Waals surface area contributed by atoms with Crippen LogP contribution in [0, 0.1) is 0 Å². The SMILES string of the molecule is NNC(=O)C1=N[C@H]2C(=O)NNC(=O)[C@H]2N=C1. The van der Waals surface area contributed by atoms with E-state index in [1.807, 2.05) is 5.43 Å². The lowest BCUT2D eigenvalue weighted by molar-refractivity contribution is -0.136. The van der Waals surface area contributed by atoms with E-state index in [2.05, 4.69) is 20.8 Å². The first-order chi connectivity index (χ1) is 7.63. The molecule has 2 aliphatic rings. The Bertz CT molecular complexity index is 428. The van der Waals surface area contributed by atoms with Crippen LogP contribution >= 0.6 is 0 Å². The van der Waals surface area contributed by atoms with Gasteiger partial charge in [-0.05, 0) is 0 Å². The zero-order valence-corrected chi connectivity index (χ0v) is 7.93. The first-order valence-electron chi connectivity index (χ1n) is 4.35. The summed E-state index contributed by atoms with van der Waals surface area (Å²) < 4.78 is 0. The van der Waals surface area contributed by atoms with Crippen molar-refractivity contribution in [3.8, 4) is 0 Å². The molecule has 0 aromatic heterocycles. The summed E-state index contributed by atoms with van der Waals surface area (Å²) in [7, 11) is 0. The molecule has 0 unspecified atom stereocenters. The van der Waals surface area contributed by atoms with E-state index in [0.29, 0.717) is 0 Å². The average molecular weight is 224 g/mol. The van der Waals surface area contributed by atoms with E-state index in [4.69, 9.17) is 5.84 Å². The van der Waals surface area contributed by atoms with E-state index in [0.717, 1.165) is 6.21 Å². The molecule has 0 saturated carbocycles. The van der Waals surface area contributed by atoms with Gasteiger partial charge in [0, 0.05) is 0 Å². The molecule has 84 valence electrons. The second kappa shape index (κ2) is 3.70. The molecular weight excluding hydrogens is 216 g/mol. The first kappa shape index (κ1) is 10.2. The first-order valence-corrected chi connectivity index (χ1v) is 4.35. The summed E-state index contributed by atoms with van der Waals surface area (Å²) in [5, 5.41) is 0. The van der Waals surface area contributed by atoms with Gasteiger partial charge in [-0.1, -0.05) is 0 Å². The van der Waals surface area contributed by atoms with E-state index >= 15 is 0 Å². The number of hydrogen-bond acceptors (Lipinski definition) is 6. The maximum absolute atomic E-state index is 11.4. The fraction of sp³-hybridized carbons (Fsp3) is 0.286. The summed E-state index contributed by atoms with van der Waals surface area (Å²) in [5.74, 6) is 3.25. The van der Waals surface area contributed by atoms with Crippen LogP contribution in [0.2, 0.25) is 0 Å². The highest BCUT2D eigenvalue weighted by Gasteiger charge is 2.40. The number of fused-ring (bicyclic) bond motifs is 1. The molecule has 0 bridgehead atoms. The number of rotatable bonds is 1. The number of carbonyl (C=O) groups excluding carboxylic acids is 3. The van der Waals surface area contributed by atoms with E-state index in [9.17, 15) is 14.4 Å². The molecular formula is C7H8N6O3. The maximum Gasteiger partial charge on any atom is 0.284 e. The normalized spacial score (nSPS) is 27.4. The lowest BCUT2D eigenvalue weighted by atomic mass is 10.0. The van der Waals surface area contributed by atoms with Crippen LogP contribution in [0.1, 0.15) is 0 Å². The highest BCUT2D eigenvalue weighted by molar-refractivity contribution is 6.61. The molecule has 0 aromatic carbocycles. The minimum atomic E-state index is -1.02. The number of hydrazine groups is 2. The third-order valence-corrected chi connectivity index (χ3v) is 2.14. The largest absolute Gasteiger partial charge is 0.289 e. The van der Waals surface area contributed by atoms with Crippen LogP contribution in [0.3, 0.4) is 0 Å². The van der Waals surface area contributed by atoms with Crippen molar-refractivity contribution in [3.05, 3.63) is 0 Å². The molecule has 0 aliphatic carbocycles. The van der Waals surface area contributed by atoms with Crippen LogP contribution < -0.4 is 22.1 Å². The third-order valence-electron chi connectivity index (χ3n) is 2.14. The molecule has 9 heteroatoms. The van der Waals surface area contributed by atoms with Gasteiger partial charge in [0.2, 0.25) is 0 Å². The van der Waals surface area contributed by atoms with Crippen molar-refractivity contribution in [3.63, 3.8) is 0 Å². The fourth-order valence-corrected chi connectivity index (χ4v) is 1.36. The molecule has 0 spiro atoms. The zero-order valence-electron chi connectivity index (χ0n) is 7.93. The van der Waals surface area contributed by atoms with Gasteiger partial charge in [-0.3, -0.25) is 40.6 Å². The van der Waals surface area contributed by atoms with Crippen molar-refractivity contribution in [2.75, 3.05) is 0 Å². The van der Waals surface area contributed by atoms with Crippen molar-refractivity contribution >= 4 is 29.6 Å². The summed E-state index contributed by atoms with van der Waals surface area (Å²) in [6, 6.07) is -1.95. The Kier molecular flexibility index (Phi) is 2.37. The quantitative estimate of drug-likeness (QED) is 0.207. The molecule has 2 heterocycles. The van der Waals surface area contributed by atoms with Crippen LogP contribution in [-0.4, -0.2) is 41.7 Å². The highest BCUT2D eigenvalue weighted by atomic mass is 16.2. The lowest BCUT2D eigenvalue weighted by Crippen LogP contribution is -2.62. The molecule has 0 radical (unpaired) electrons. The summed E-state index contributed by atoms with van der Waals surface area (Å²) >= 11 is 0. The fourth-order valence-electron chi connectivity index (χ4n) is 1.36. The van der Waals surface area contributed by atoms with E-state index in [1.54, 1.807) is 0 Å². The van der Waals surface area contributed by atoms with Crippen molar-refractivity contribution in [2.24, 2.45) is 15.8 Å². The second-order valence-electron chi connectivity index (χ2n) is 3.13. The van der Waals surface area contributed by atoms with Gasteiger partial charge in [-0.15, -0.1) is 0 Å². The molecule has 2 aliphatic heterocycles. The number of nitrogens with one attached hydrogen (secondary N) is 3. The van der Waals surface area contributed by atoms with Gasteiger partial charge in [-0.25, -0.2) is 5.84 Å². The topological polar surface area (TPSA) is 138 Å². The van der Waals surface area contributed by atoms with Gasteiger partial charge in [0.15, 0.2) is 12.1 Å². The predicted octanol–water partition coefficient (Wildman–Crippen LogP) is -3.60. The molecule has 2 atom stereocenters. The third kappa shape index (κ3) is 1.52. The van der Waals surface area contributed by atoms with Crippen molar-refractivity contribution in [1.29, 1.82) is 0 Å². The van der Waals surface area contributed by atoms with Gasteiger partial charge in [0.05, 0.1) is 6.21 Å². The maximum atomic E-state index is 11.4. The average Bonchev–Trinajstić information content (AvgIpc) is 2.32. The molecule has 16 heavy (non-hydrogen) atoms. The van der Waals surface area contributed by atoms with E-state index in [-0.39, 0.29) is 5.71 Å². The van der Waals surface area contributed by atoms with Crippen molar-refractivity contribution in [1.82, 2.24) is 16.3 Å². The van der Waals surface area contributed by atoms with Gasteiger partial charge in [0.25, 0.3) is 17.7 Å². The molecule has 9 nitrogen and oxygen atoms in total. The zero-order chi connectivity index (χ0) is 11.7. The Balaban J connectivity index is 2.29. The minimum absolute atomic E-state index is 0.0893. The molecule has 1 saturated heterocycles. The highest BCUT2D eigenvalue weighted by Crippen LogP contribution is 2.11. The lowest BCUT2D eigenvalue weighted by Gasteiger charge is -2.27. The van der Waals surface area contributed by atoms with E-state index < -0.39 is 29.8 Å². The summed E-state index contributed by atoms with van der Waals surface area (Å²) in [4.78, 5) is 41.4. The van der Waals surface area contributed by atoms with Crippen molar-refractivity contribution < 1.29 is 14.4 Å². The van der Waals surface area contributed by atoms with Gasteiger partial charge < -0.3 is 0 Å². The Morgan fingerprint density at radius 3 is 2.56 bits per heavy atom. The van der Waals surface area contributed by atoms with Gasteiger partial charge >= 0.3 is 0 Å². The van der Waals surface area contributed by atoms with Crippen LogP contribution in [0.4, 0.5) is 0 Å². The number of nitrogens with zero attached hydrogens (tertiary/aromatic N) is 2. The molecule has 2 rings (SSSR count). The van der Waals surface area contributed by atoms with Gasteiger partial charge in [-0.2, -0.15) is 0 Å². The molecule has 3 amide bonds. The Morgan fingerprint density at radius 2 is 1.94 bits per heavy atom. The smallest absolute Gasteiger partial charge is 0.284 e. The number of hydrogen-bond donors (Lipinski definition) is 4.